The van der Waals surface area contributed by atoms with Crippen molar-refractivity contribution in [1.29, 1.82) is 0 Å². The van der Waals surface area contributed by atoms with Crippen molar-refractivity contribution >= 4 is 0 Å². The first kappa shape index (κ1) is 24.3. The molecule has 0 aliphatic carbocycles. The zero-order valence-corrected chi connectivity index (χ0v) is 7.83. The van der Waals surface area contributed by atoms with Crippen molar-refractivity contribution in [2.45, 2.75) is 34.6 Å². The molecule has 0 N–H and O–H groups in total. The number of rotatable bonds is 0. The summed E-state index contributed by atoms with van der Waals surface area (Å²) in [6.45, 7) is 9.25. The first-order valence-electron chi connectivity index (χ1n) is 2.12. The van der Waals surface area contributed by atoms with Crippen molar-refractivity contribution in [3.05, 3.63) is 6.92 Å². The molecule has 0 aliphatic heterocycles. The van der Waals surface area contributed by atoms with Crippen molar-refractivity contribution in [1.82, 2.24) is 0 Å². The van der Waals surface area contributed by atoms with E-state index in [-0.39, 0.29) is 40.1 Å². The van der Waals surface area contributed by atoms with Gasteiger partial charge in [-0.3, -0.25) is 0 Å². The van der Waals surface area contributed by atoms with E-state index in [0.29, 0.717) is 0 Å². The number of hydrogen-bond acceptors (Lipinski definition) is 0. The van der Waals surface area contributed by atoms with E-state index in [2.05, 4.69) is 20.8 Å². The summed E-state index contributed by atoms with van der Waals surface area (Å²) in [4.78, 5) is 0. The molecule has 45 valence electrons. The van der Waals surface area contributed by atoms with Crippen LogP contribution in [0.2, 0.25) is 0 Å². The molecular weight excluding hydrogens is 161 g/mol. The van der Waals surface area contributed by atoms with Gasteiger partial charge in [0.05, 0.1) is 0 Å². The third-order valence-corrected chi connectivity index (χ3v) is 0. The minimum absolute atomic E-state index is 0. The molecule has 0 nitrogen and oxygen atoms in total. The van der Waals surface area contributed by atoms with Gasteiger partial charge in [-0.15, -0.1) is 0 Å². The van der Waals surface area contributed by atoms with Gasteiger partial charge in [0.15, 0.2) is 0 Å². The largest absolute Gasteiger partial charge is 0.346 e. The van der Waals surface area contributed by atoms with Gasteiger partial charge in [-0.2, -0.15) is 6.92 Å². The maximum absolute atomic E-state index is 3.25. The van der Waals surface area contributed by atoms with Crippen LogP contribution < -0.4 is 0 Å². The van der Waals surface area contributed by atoms with Crippen LogP contribution in [0, 0.1) is 6.92 Å². The summed E-state index contributed by atoms with van der Waals surface area (Å²) in [5, 5.41) is 0. The van der Waals surface area contributed by atoms with Crippen LogP contribution in [0.1, 0.15) is 34.6 Å². The predicted octanol–water partition coefficient (Wildman–Crippen LogP) is 2.89. The molecular formula is C6H17Y-. The molecule has 0 spiro atoms. The molecule has 0 fully saturated rings. The summed E-state index contributed by atoms with van der Waals surface area (Å²) in [7, 11) is 0. The van der Waals surface area contributed by atoms with Gasteiger partial charge in [0.25, 0.3) is 0 Å². The molecule has 0 unspecified atom stereocenters. The van der Waals surface area contributed by atoms with Crippen molar-refractivity contribution in [3.63, 3.8) is 0 Å². The molecule has 0 rings (SSSR count). The second-order valence-electron chi connectivity index (χ2n) is 0.707. The normalized spacial score (nSPS) is 3.43. The van der Waals surface area contributed by atoms with Gasteiger partial charge in [-0.1, -0.05) is 27.7 Å². The zero-order chi connectivity index (χ0) is 4.71. The summed E-state index contributed by atoms with van der Waals surface area (Å²) >= 11 is 0. The van der Waals surface area contributed by atoms with E-state index in [1.54, 1.807) is 6.92 Å². The quantitative estimate of drug-likeness (QED) is 0.500. The van der Waals surface area contributed by atoms with Crippen molar-refractivity contribution < 1.29 is 32.7 Å². The Morgan fingerprint density at radius 2 is 1.14 bits per heavy atom. The second kappa shape index (κ2) is 59.8. The molecule has 1 heteroatoms. The SMILES string of the molecule is C.CCC.[CH2-]C.[Y]. The Hall–Kier alpha value is 1.10. The zero-order valence-electron chi connectivity index (χ0n) is 4.99. The van der Waals surface area contributed by atoms with Gasteiger partial charge in [-0.25, -0.2) is 0 Å². The predicted molar refractivity (Wildman–Crippen MR) is 33.7 cm³/mol. The van der Waals surface area contributed by atoms with Crippen LogP contribution in [0.4, 0.5) is 0 Å². The second-order valence-corrected chi connectivity index (χ2v) is 0.707. The fourth-order valence-electron chi connectivity index (χ4n) is 0. The summed E-state index contributed by atoms with van der Waals surface area (Å²) in [6.07, 6.45) is 1.25. The Morgan fingerprint density at radius 3 is 1.14 bits per heavy atom. The van der Waals surface area contributed by atoms with E-state index < -0.39 is 0 Å². The molecule has 0 aromatic rings. The average molecular weight is 178 g/mol. The van der Waals surface area contributed by atoms with E-state index in [0.717, 1.165) is 0 Å². The van der Waals surface area contributed by atoms with Crippen LogP contribution in [0.3, 0.4) is 0 Å². The first-order valence-corrected chi connectivity index (χ1v) is 2.12. The summed E-state index contributed by atoms with van der Waals surface area (Å²) in [6, 6.07) is 0. The fourth-order valence-corrected chi connectivity index (χ4v) is 0. The molecule has 0 saturated heterocycles. The average Bonchev–Trinajstić information content (AvgIpc) is 1.46. The molecule has 0 aromatic heterocycles. The van der Waals surface area contributed by atoms with Gasteiger partial charge in [-0.05, 0) is 0 Å². The summed E-state index contributed by atoms with van der Waals surface area (Å²) in [5.74, 6) is 0. The Bertz CT molecular complexity index is 4.14. The molecule has 0 bridgehead atoms. The van der Waals surface area contributed by atoms with Gasteiger partial charge < -0.3 is 6.92 Å². The van der Waals surface area contributed by atoms with E-state index in [4.69, 9.17) is 0 Å². The topological polar surface area (TPSA) is 0 Å². The Labute approximate surface area is 74.0 Å². The van der Waals surface area contributed by atoms with Gasteiger partial charge in [0.1, 0.15) is 0 Å². The van der Waals surface area contributed by atoms with Crippen LogP contribution in [-0.2, 0) is 32.7 Å². The molecule has 7 heavy (non-hydrogen) atoms. The first-order chi connectivity index (χ1) is 2.41. The minimum atomic E-state index is 0. The standard InChI is InChI=1S/C3H8.C2H5.CH4.Y/c1-3-2;1-2;;/h3H2,1-2H3;1H2,2H3;1H4;/q;-1;;. The summed E-state index contributed by atoms with van der Waals surface area (Å²) < 4.78 is 0. The monoisotopic (exact) mass is 178 g/mol. The van der Waals surface area contributed by atoms with Crippen molar-refractivity contribution in [2.75, 3.05) is 0 Å². The Balaban J connectivity index is -0.0000000105. The molecule has 0 heterocycles. The molecule has 0 amide bonds. The van der Waals surface area contributed by atoms with Crippen molar-refractivity contribution in [3.8, 4) is 0 Å². The molecule has 0 atom stereocenters. The Morgan fingerprint density at radius 1 is 1.14 bits per heavy atom. The maximum atomic E-state index is 3.25. The molecule has 0 aromatic carbocycles. The van der Waals surface area contributed by atoms with Gasteiger partial charge >= 0.3 is 0 Å². The van der Waals surface area contributed by atoms with Crippen LogP contribution in [-0.4, -0.2) is 0 Å². The Kier molecular flexibility index (Phi) is 207. The third kappa shape index (κ3) is 152. The minimum Gasteiger partial charge on any atom is -0.346 e. The molecule has 0 saturated carbocycles. The number of hydrogen-bond donors (Lipinski definition) is 0. The smallest absolute Gasteiger partial charge is 0 e. The van der Waals surface area contributed by atoms with Crippen LogP contribution in [0.5, 0.6) is 0 Å². The fraction of sp³-hybridized carbons (Fsp3) is 0.833. The van der Waals surface area contributed by atoms with Gasteiger partial charge in [0.2, 0.25) is 0 Å². The molecule has 1 radical (unpaired) electrons. The third-order valence-electron chi connectivity index (χ3n) is 0. The van der Waals surface area contributed by atoms with Crippen LogP contribution in [0.15, 0.2) is 0 Å². The van der Waals surface area contributed by atoms with E-state index in [1.807, 2.05) is 0 Å². The van der Waals surface area contributed by atoms with Gasteiger partial charge in [0, 0.05) is 32.7 Å². The maximum Gasteiger partial charge on any atom is 0 e. The summed E-state index contributed by atoms with van der Waals surface area (Å²) in [5.41, 5.74) is 0. The van der Waals surface area contributed by atoms with Crippen LogP contribution in [0.25, 0.3) is 0 Å². The van der Waals surface area contributed by atoms with E-state index >= 15 is 0 Å². The van der Waals surface area contributed by atoms with Crippen molar-refractivity contribution in [2.24, 2.45) is 0 Å². The van der Waals surface area contributed by atoms with E-state index in [9.17, 15) is 0 Å². The molecule has 0 aliphatic rings. The van der Waals surface area contributed by atoms with Crippen LogP contribution >= 0.6 is 0 Å². The van der Waals surface area contributed by atoms with E-state index in [1.165, 1.54) is 6.42 Å².